The van der Waals surface area contributed by atoms with E-state index < -0.39 is 0 Å². The fraction of sp³-hybridized carbons (Fsp3) is 0.875. The minimum absolute atomic E-state index is 0.237. The number of amides is 2. The molecule has 3 aliphatic rings. The zero-order chi connectivity index (χ0) is 14.8. The molecule has 3 fully saturated rings. The van der Waals surface area contributed by atoms with E-state index in [1.54, 1.807) is 0 Å². The molecule has 0 aromatic carbocycles. The van der Waals surface area contributed by atoms with Crippen LogP contribution in [0, 0.1) is 17.8 Å². The first-order valence-corrected chi connectivity index (χ1v) is 8.40. The highest BCUT2D eigenvalue weighted by molar-refractivity contribution is 5.77. The Balaban J connectivity index is 1.37. The zero-order valence-corrected chi connectivity index (χ0v) is 12.7. The maximum absolute atomic E-state index is 12.2. The van der Waals surface area contributed by atoms with Crippen molar-refractivity contribution in [2.45, 2.75) is 51.0 Å². The summed E-state index contributed by atoms with van der Waals surface area (Å²) < 4.78 is 0. The first-order valence-electron chi connectivity index (χ1n) is 8.40. The number of likely N-dealkylation sites (tertiary alicyclic amines) is 1. The van der Waals surface area contributed by atoms with Crippen LogP contribution in [0.4, 0.5) is 0 Å². The van der Waals surface area contributed by atoms with Crippen LogP contribution in [0.15, 0.2) is 0 Å². The number of nitrogens with zero attached hydrogens (tertiary/aromatic N) is 1. The number of primary amides is 1. The van der Waals surface area contributed by atoms with E-state index in [-0.39, 0.29) is 17.9 Å². The number of nitrogens with two attached hydrogens (primary N) is 1. The van der Waals surface area contributed by atoms with Gasteiger partial charge in [0.15, 0.2) is 0 Å². The lowest BCUT2D eigenvalue weighted by Crippen LogP contribution is -2.47. The molecule has 5 nitrogen and oxygen atoms in total. The molecule has 0 aromatic rings. The summed E-state index contributed by atoms with van der Waals surface area (Å²) in [5, 5.41) is 3.20. The van der Waals surface area contributed by atoms with Crippen LogP contribution in [0.2, 0.25) is 0 Å². The summed E-state index contributed by atoms with van der Waals surface area (Å²) in [5.74, 6) is 2.33. The quantitative estimate of drug-likeness (QED) is 0.790. The minimum atomic E-state index is -0.270. The van der Waals surface area contributed by atoms with Gasteiger partial charge in [0.25, 0.3) is 0 Å². The second kappa shape index (κ2) is 6.34. The summed E-state index contributed by atoms with van der Waals surface area (Å²) >= 11 is 0. The van der Waals surface area contributed by atoms with E-state index in [4.69, 9.17) is 5.73 Å². The molecular weight excluding hydrogens is 266 g/mol. The van der Waals surface area contributed by atoms with Crippen LogP contribution in [0.25, 0.3) is 0 Å². The molecule has 3 N–H and O–H groups in total. The van der Waals surface area contributed by atoms with Crippen molar-refractivity contribution < 1.29 is 9.59 Å². The number of hydrogen-bond acceptors (Lipinski definition) is 3. The molecule has 0 unspecified atom stereocenters. The Bertz CT molecular complexity index is 404. The fourth-order valence-electron chi connectivity index (χ4n) is 4.61. The van der Waals surface area contributed by atoms with E-state index in [0.29, 0.717) is 12.5 Å². The van der Waals surface area contributed by atoms with Gasteiger partial charge in [-0.25, -0.2) is 0 Å². The van der Waals surface area contributed by atoms with Gasteiger partial charge in [-0.05, 0) is 49.9 Å². The average Bonchev–Trinajstić information content (AvgIpc) is 3.02. The summed E-state index contributed by atoms with van der Waals surface area (Å²) in [6, 6.07) is 0.278. The van der Waals surface area contributed by atoms with Gasteiger partial charge in [-0.15, -0.1) is 0 Å². The number of carbonyl (C=O) groups excluding carboxylic acids is 2. The molecule has 118 valence electrons. The van der Waals surface area contributed by atoms with E-state index in [2.05, 4.69) is 10.2 Å². The SMILES string of the molecule is NC(=O)CN1CCC(NC(=O)C[C@H]2C[C@H]3CC[C@H]2C3)CC1. The first kappa shape index (κ1) is 14.8. The fourth-order valence-corrected chi connectivity index (χ4v) is 4.61. The van der Waals surface area contributed by atoms with Gasteiger partial charge in [-0.2, -0.15) is 0 Å². The molecule has 2 bridgehead atoms. The molecule has 0 aromatic heterocycles. The normalized spacial score (nSPS) is 33.2. The third-order valence-corrected chi connectivity index (χ3v) is 5.66. The molecule has 2 aliphatic carbocycles. The van der Waals surface area contributed by atoms with Crippen molar-refractivity contribution in [3.8, 4) is 0 Å². The molecule has 21 heavy (non-hydrogen) atoms. The second-order valence-electron chi connectivity index (χ2n) is 7.22. The van der Waals surface area contributed by atoms with Crippen molar-refractivity contribution >= 4 is 11.8 Å². The van der Waals surface area contributed by atoms with Gasteiger partial charge in [0, 0.05) is 25.6 Å². The Morgan fingerprint density at radius 2 is 1.86 bits per heavy atom. The summed E-state index contributed by atoms with van der Waals surface area (Å²) in [6.07, 6.45) is 7.95. The van der Waals surface area contributed by atoms with Crippen molar-refractivity contribution in [3.05, 3.63) is 0 Å². The molecule has 3 rings (SSSR count). The van der Waals surface area contributed by atoms with Gasteiger partial charge < -0.3 is 11.1 Å². The lowest BCUT2D eigenvalue weighted by atomic mass is 9.86. The highest BCUT2D eigenvalue weighted by Crippen LogP contribution is 2.49. The third-order valence-electron chi connectivity index (χ3n) is 5.66. The monoisotopic (exact) mass is 293 g/mol. The Kier molecular flexibility index (Phi) is 4.48. The number of nitrogens with one attached hydrogen (secondary N) is 1. The molecule has 1 saturated heterocycles. The lowest BCUT2D eigenvalue weighted by Gasteiger charge is -2.32. The molecule has 2 amide bonds. The standard InChI is InChI=1S/C16H27N3O2/c17-15(20)10-19-5-3-14(4-6-19)18-16(21)9-13-8-11-1-2-12(13)7-11/h11-14H,1-10H2,(H2,17,20)(H,18,21)/t11-,12-,13+/m0/s1. The van der Waals surface area contributed by atoms with Crippen LogP contribution in [-0.4, -0.2) is 42.4 Å². The predicted octanol–water partition coefficient (Wildman–Crippen LogP) is 0.879. The first-order chi connectivity index (χ1) is 10.1. The summed E-state index contributed by atoms with van der Waals surface area (Å²) in [6.45, 7) is 2.04. The number of hydrogen-bond donors (Lipinski definition) is 2. The Labute approximate surface area is 126 Å². The Morgan fingerprint density at radius 1 is 1.10 bits per heavy atom. The second-order valence-corrected chi connectivity index (χ2v) is 7.22. The smallest absolute Gasteiger partial charge is 0.231 e. The van der Waals surface area contributed by atoms with Crippen LogP contribution in [0.3, 0.4) is 0 Å². The molecule has 0 radical (unpaired) electrons. The van der Waals surface area contributed by atoms with E-state index in [0.717, 1.165) is 44.2 Å². The molecule has 1 heterocycles. The summed E-state index contributed by atoms with van der Waals surface area (Å²) in [7, 11) is 0. The van der Waals surface area contributed by atoms with E-state index >= 15 is 0 Å². The van der Waals surface area contributed by atoms with Gasteiger partial charge >= 0.3 is 0 Å². The summed E-state index contributed by atoms with van der Waals surface area (Å²) in [4.78, 5) is 25.2. The minimum Gasteiger partial charge on any atom is -0.369 e. The predicted molar refractivity (Wildman–Crippen MR) is 80.4 cm³/mol. The van der Waals surface area contributed by atoms with Crippen LogP contribution in [0.5, 0.6) is 0 Å². The molecule has 5 heteroatoms. The molecular formula is C16H27N3O2. The van der Waals surface area contributed by atoms with E-state index in [1.807, 2.05) is 0 Å². The zero-order valence-electron chi connectivity index (χ0n) is 12.7. The van der Waals surface area contributed by atoms with Crippen LogP contribution < -0.4 is 11.1 Å². The number of carbonyl (C=O) groups is 2. The van der Waals surface area contributed by atoms with Crippen molar-refractivity contribution in [2.75, 3.05) is 19.6 Å². The Hall–Kier alpha value is -1.10. The lowest BCUT2D eigenvalue weighted by molar-refractivity contribution is -0.124. The number of rotatable bonds is 5. The maximum atomic E-state index is 12.2. The third kappa shape index (κ3) is 3.76. The largest absolute Gasteiger partial charge is 0.369 e. The van der Waals surface area contributed by atoms with Gasteiger partial charge in [0.1, 0.15) is 0 Å². The van der Waals surface area contributed by atoms with E-state index in [9.17, 15) is 9.59 Å². The van der Waals surface area contributed by atoms with Gasteiger partial charge in [-0.1, -0.05) is 6.42 Å². The van der Waals surface area contributed by atoms with Crippen molar-refractivity contribution in [1.82, 2.24) is 10.2 Å². The van der Waals surface area contributed by atoms with Crippen LogP contribution >= 0.6 is 0 Å². The molecule has 3 atom stereocenters. The van der Waals surface area contributed by atoms with Crippen LogP contribution in [-0.2, 0) is 9.59 Å². The Morgan fingerprint density at radius 3 is 2.43 bits per heavy atom. The van der Waals surface area contributed by atoms with Gasteiger partial charge in [0.2, 0.25) is 11.8 Å². The topological polar surface area (TPSA) is 75.4 Å². The van der Waals surface area contributed by atoms with Gasteiger partial charge in [0.05, 0.1) is 6.54 Å². The summed E-state index contributed by atoms with van der Waals surface area (Å²) in [5.41, 5.74) is 5.21. The number of piperidine rings is 1. The van der Waals surface area contributed by atoms with Crippen molar-refractivity contribution in [3.63, 3.8) is 0 Å². The molecule has 0 spiro atoms. The number of fused-ring (bicyclic) bond motifs is 2. The van der Waals surface area contributed by atoms with Crippen molar-refractivity contribution in [1.29, 1.82) is 0 Å². The molecule has 1 aliphatic heterocycles. The van der Waals surface area contributed by atoms with Gasteiger partial charge in [-0.3, -0.25) is 14.5 Å². The maximum Gasteiger partial charge on any atom is 0.231 e. The molecule has 2 saturated carbocycles. The highest BCUT2D eigenvalue weighted by atomic mass is 16.2. The van der Waals surface area contributed by atoms with Crippen LogP contribution in [0.1, 0.15) is 44.9 Å². The highest BCUT2D eigenvalue weighted by Gasteiger charge is 2.40. The van der Waals surface area contributed by atoms with E-state index in [1.165, 1.54) is 25.7 Å². The average molecular weight is 293 g/mol. The van der Waals surface area contributed by atoms with Crippen molar-refractivity contribution in [2.24, 2.45) is 23.5 Å².